The molecule has 1 atom stereocenters. The third-order valence-electron chi connectivity index (χ3n) is 3.54. The molecule has 0 aromatic heterocycles. The third-order valence-corrected chi connectivity index (χ3v) is 3.54. The maximum atomic E-state index is 13.2. The van der Waals surface area contributed by atoms with Gasteiger partial charge in [0.05, 0.1) is 6.04 Å². The standard InChI is InChI=1S/C14H14FNO/c15-11-4-1-3-10(9-11)13-8-7-12-5-2-6-14(17)16(12)13/h1,3-5,9,13H,2,6-8H2/t13-/m0/s1. The number of hydrogen-bond donors (Lipinski definition) is 0. The minimum absolute atomic E-state index is 0.0322. The highest BCUT2D eigenvalue weighted by Gasteiger charge is 2.35. The van der Waals surface area contributed by atoms with E-state index < -0.39 is 0 Å². The van der Waals surface area contributed by atoms with Crippen LogP contribution in [0.3, 0.4) is 0 Å². The summed E-state index contributed by atoms with van der Waals surface area (Å²) in [6.45, 7) is 0. The quantitative estimate of drug-likeness (QED) is 0.727. The van der Waals surface area contributed by atoms with Crippen molar-refractivity contribution in [1.29, 1.82) is 0 Å². The first-order chi connectivity index (χ1) is 8.25. The van der Waals surface area contributed by atoms with Gasteiger partial charge in [-0.2, -0.15) is 0 Å². The van der Waals surface area contributed by atoms with E-state index in [-0.39, 0.29) is 17.8 Å². The fourth-order valence-corrected chi connectivity index (χ4v) is 2.78. The largest absolute Gasteiger partial charge is 0.309 e. The van der Waals surface area contributed by atoms with Crippen molar-refractivity contribution in [1.82, 2.24) is 4.90 Å². The molecule has 0 unspecified atom stereocenters. The predicted molar refractivity (Wildman–Crippen MR) is 62.5 cm³/mol. The van der Waals surface area contributed by atoms with Crippen molar-refractivity contribution < 1.29 is 9.18 Å². The van der Waals surface area contributed by atoms with Crippen LogP contribution in [0.2, 0.25) is 0 Å². The molecule has 0 saturated carbocycles. The minimum atomic E-state index is -0.232. The maximum Gasteiger partial charge on any atom is 0.227 e. The van der Waals surface area contributed by atoms with Crippen LogP contribution in [0.5, 0.6) is 0 Å². The molecule has 17 heavy (non-hydrogen) atoms. The van der Waals surface area contributed by atoms with Crippen molar-refractivity contribution >= 4 is 5.91 Å². The zero-order chi connectivity index (χ0) is 11.8. The van der Waals surface area contributed by atoms with Gasteiger partial charge in [0.25, 0.3) is 0 Å². The van der Waals surface area contributed by atoms with Crippen molar-refractivity contribution in [2.24, 2.45) is 0 Å². The van der Waals surface area contributed by atoms with Crippen LogP contribution in [-0.2, 0) is 4.79 Å². The van der Waals surface area contributed by atoms with Gasteiger partial charge in [-0.1, -0.05) is 18.2 Å². The Hall–Kier alpha value is -1.64. The molecular weight excluding hydrogens is 217 g/mol. The van der Waals surface area contributed by atoms with Crippen LogP contribution in [-0.4, -0.2) is 10.8 Å². The maximum absolute atomic E-state index is 13.2. The fourth-order valence-electron chi connectivity index (χ4n) is 2.78. The number of fused-ring (bicyclic) bond motifs is 1. The summed E-state index contributed by atoms with van der Waals surface area (Å²) in [4.78, 5) is 13.8. The molecule has 2 nitrogen and oxygen atoms in total. The molecule has 3 rings (SSSR count). The Balaban J connectivity index is 1.97. The van der Waals surface area contributed by atoms with Gasteiger partial charge in [-0.05, 0) is 37.0 Å². The fraction of sp³-hybridized carbons (Fsp3) is 0.357. The molecule has 0 N–H and O–H groups in total. The second kappa shape index (κ2) is 3.99. The molecule has 2 aliphatic rings. The molecule has 2 aliphatic heterocycles. The van der Waals surface area contributed by atoms with Crippen LogP contribution >= 0.6 is 0 Å². The second-order valence-corrected chi connectivity index (χ2v) is 4.61. The molecule has 0 spiro atoms. The van der Waals surface area contributed by atoms with Gasteiger partial charge in [0.2, 0.25) is 5.91 Å². The summed E-state index contributed by atoms with van der Waals surface area (Å²) in [6.07, 6.45) is 5.39. The van der Waals surface area contributed by atoms with Crippen LogP contribution < -0.4 is 0 Å². The number of rotatable bonds is 1. The molecule has 88 valence electrons. The van der Waals surface area contributed by atoms with E-state index >= 15 is 0 Å². The third kappa shape index (κ3) is 1.75. The van der Waals surface area contributed by atoms with E-state index in [1.165, 1.54) is 12.1 Å². The van der Waals surface area contributed by atoms with Gasteiger partial charge < -0.3 is 4.90 Å². The summed E-state index contributed by atoms with van der Waals surface area (Å²) >= 11 is 0. The summed E-state index contributed by atoms with van der Waals surface area (Å²) in [5.74, 6) is -0.0568. The smallest absolute Gasteiger partial charge is 0.227 e. The lowest BCUT2D eigenvalue weighted by atomic mass is 10.0. The van der Waals surface area contributed by atoms with Gasteiger partial charge in [0.15, 0.2) is 0 Å². The Morgan fingerprint density at radius 2 is 2.18 bits per heavy atom. The van der Waals surface area contributed by atoms with E-state index in [4.69, 9.17) is 0 Å². The highest BCUT2D eigenvalue weighted by molar-refractivity contribution is 5.80. The Labute approximate surface area is 99.7 Å². The van der Waals surface area contributed by atoms with Crippen LogP contribution in [0.1, 0.15) is 37.3 Å². The lowest BCUT2D eigenvalue weighted by Gasteiger charge is -2.28. The van der Waals surface area contributed by atoms with Gasteiger partial charge >= 0.3 is 0 Å². The first-order valence-corrected chi connectivity index (χ1v) is 6.02. The van der Waals surface area contributed by atoms with E-state index in [1.807, 2.05) is 11.0 Å². The Morgan fingerprint density at radius 1 is 1.29 bits per heavy atom. The highest BCUT2D eigenvalue weighted by atomic mass is 19.1. The van der Waals surface area contributed by atoms with Crippen LogP contribution in [0.25, 0.3) is 0 Å². The molecule has 1 aromatic carbocycles. The predicted octanol–water partition coefficient (Wildman–Crippen LogP) is 3.17. The number of allylic oxidation sites excluding steroid dienone is 2. The molecule has 0 aliphatic carbocycles. The van der Waals surface area contributed by atoms with Crippen molar-refractivity contribution in [2.45, 2.75) is 31.7 Å². The molecule has 1 aromatic rings. The van der Waals surface area contributed by atoms with Crippen molar-refractivity contribution in [3.63, 3.8) is 0 Å². The van der Waals surface area contributed by atoms with E-state index in [0.717, 1.165) is 30.5 Å². The van der Waals surface area contributed by atoms with E-state index in [2.05, 4.69) is 6.08 Å². The Bertz CT molecular complexity index is 495. The summed E-state index contributed by atoms with van der Waals surface area (Å²) < 4.78 is 13.2. The summed E-state index contributed by atoms with van der Waals surface area (Å²) in [5, 5.41) is 0. The lowest BCUT2D eigenvalue weighted by molar-refractivity contribution is -0.131. The molecule has 1 saturated heterocycles. The van der Waals surface area contributed by atoms with E-state index in [9.17, 15) is 9.18 Å². The molecule has 0 bridgehead atoms. The van der Waals surface area contributed by atoms with Crippen LogP contribution in [0.15, 0.2) is 36.0 Å². The van der Waals surface area contributed by atoms with Crippen LogP contribution in [0, 0.1) is 5.82 Å². The van der Waals surface area contributed by atoms with E-state index in [1.54, 1.807) is 6.07 Å². The Morgan fingerprint density at radius 3 is 3.00 bits per heavy atom. The molecule has 1 fully saturated rings. The first-order valence-electron chi connectivity index (χ1n) is 6.02. The van der Waals surface area contributed by atoms with Crippen molar-refractivity contribution in [2.75, 3.05) is 0 Å². The molecule has 3 heteroatoms. The zero-order valence-electron chi connectivity index (χ0n) is 9.53. The monoisotopic (exact) mass is 231 g/mol. The number of carbonyl (C=O) groups is 1. The zero-order valence-corrected chi connectivity index (χ0v) is 9.53. The summed E-state index contributed by atoms with van der Waals surface area (Å²) in [6, 6.07) is 6.62. The van der Waals surface area contributed by atoms with Crippen molar-refractivity contribution in [3.05, 3.63) is 47.4 Å². The number of benzene rings is 1. The number of nitrogens with zero attached hydrogens (tertiary/aromatic N) is 1. The normalized spacial score (nSPS) is 23.6. The SMILES string of the molecule is O=C1CCC=C2CC[C@@H](c3cccc(F)c3)N12. The molecular formula is C14H14FNO. The average Bonchev–Trinajstić information content (AvgIpc) is 2.74. The second-order valence-electron chi connectivity index (χ2n) is 4.61. The van der Waals surface area contributed by atoms with Crippen LogP contribution in [0.4, 0.5) is 4.39 Å². The summed E-state index contributed by atoms with van der Waals surface area (Å²) in [5.41, 5.74) is 2.03. The molecule has 1 amide bonds. The van der Waals surface area contributed by atoms with Gasteiger partial charge in [0.1, 0.15) is 5.82 Å². The Kier molecular flexibility index (Phi) is 2.46. The number of halogens is 1. The number of hydrogen-bond acceptors (Lipinski definition) is 1. The van der Waals surface area contributed by atoms with Gasteiger partial charge in [-0.3, -0.25) is 4.79 Å². The number of amides is 1. The lowest BCUT2D eigenvalue weighted by Crippen LogP contribution is -2.31. The van der Waals surface area contributed by atoms with E-state index in [0.29, 0.717) is 6.42 Å². The summed E-state index contributed by atoms with van der Waals surface area (Å²) in [7, 11) is 0. The first kappa shape index (κ1) is 10.5. The highest BCUT2D eigenvalue weighted by Crippen LogP contribution is 2.41. The number of carbonyl (C=O) groups excluding carboxylic acids is 1. The van der Waals surface area contributed by atoms with Gasteiger partial charge in [-0.25, -0.2) is 4.39 Å². The molecule has 0 radical (unpaired) electrons. The van der Waals surface area contributed by atoms with Crippen molar-refractivity contribution in [3.8, 4) is 0 Å². The molecule has 2 heterocycles. The van der Waals surface area contributed by atoms with Gasteiger partial charge in [-0.15, -0.1) is 0 Å². The van der Waals surface area contributed by atoms with Gasteiger partial charge in [0, 0.05) is 12.1 Å². The minimum Gasteiger partial charge on any atom is -0.309 e. The topological polar surface area (TPSA) is 20.3 Å². The average molecular weight is 231 g/mol.